The van der Waals surface area contributed by atoms with Crippen molar-refractivity contribution in [3.8, 4) is 0 Å². The Kier molecular flexibility index (Phi) is 10.2. The first-order chi connectivity index (χ1) is 20.1. The molecular weight excluding hydrogens is 550 g/mol. The number of benzene rings is 2. The number of carbonyl (C=O) groups is 3. The maximum Gasteiger partial charge on any atom is 0.338 e. The maximum atomic E-state index is 13.0. The zero-order valence-corrected chi connectivity index (χ0v) is 23.3. The fourth-order valence-corrected chi connectivity index (χ4v) is 5.23. The van der Waals surface area contributed by atoms with Crippen LogP contribution in [0.1, 0.15) is 41.5 Å². The quantitative estimate of drug-likeness (QED) is 0.192. The van der Waals surface area contributed by atoms with Crippen LogP contribution in [0.25, 0.3) is 10.4 Å². The lowest BCUT2D eigenvalue weighted by Gasteiger charge is -2.47. The summed E-state index contributed by atoms with van der Waals surface area (Å²) in [7, 11) is 0. The number of rotatable bonds is 9. The summed E-state index contributed by atoms with van der Waals surface area (Å²) in [4.78, 5) is 40.5. The van der Waals surface area contributed by atoms with Crippen LogP contribution in [0.15, 0.2) is 65.8 Å². The third kappa shape index (κ3) is 6.89. The number of ether oxygens (including phenoxy) is 5. The van der Waals surface area contributed by atoms with E-state index >= 15 is 0 Å². The number of aliphatic hydroxyl groups is 1. The second kappa shape index (κ2) is 13.8. The number of nitrogens with zero attached hydrogens (tertiary/aromatic N) is 3. The third-order valence-corrected chi connectivity index (χ3v) is 7.57. The molecule has 2 fully saturated rings. The number of azide groups is 1. The Balaban J connectivity index is 1.61. The number of aliphatic hydroxyl groups excluding tert-OH is 1. The molecule has 224 valence electrons. The Bertz CT molecular complexity index is 1290. The molecule has 2 aromatic carbocycles. The normalized spacial score (nSPS) is 32.7. The number of carbonyl (C=O) groups excluding carboxylic acids is 2. The van der Waals surface area contributed by atoms with E-state index in [9.17, 15) is 24.6 Å². The second-order valence-corrected chi connectivity index (χ2v) is 10.3. The molecule has 2 aliphatic heterocycles. The zero-order valence-electron chi connectivity index (χ0n) is 23.3. The van der Waals surface area contributed by atoms with E-state index in [1.807, 2.05) is 0 Å². The molecule has 2 aliphatic rings. The average molecular weight is 584 g/mol. The van der Waals surface area contributed by atoms with Crippen molar-refractivity contribution in [2.45, 2.75) is 69.7 Å². The van der Waals surface area contributed by atoms with Crippen molar-refractivity contribution in [2.24, 2.45) is 17.0 Å². The van der Waals surface area contributed by atoms with Crippen molar-refractivity contribution in [3.63, 3.8) is 0 Å². The summed E-state index contributed by atoms with van der Waals surface area (Å²) in [6.07, 6.45) is -8.36. The summed E-state index contributed by atoms with van der Waals surface area (Å²) < 4.78 is 29.3. The van der Waals surface area contributed by atoms with Crippen LogP contribution in [0.3, 0.4) is 0 Å². The first-order valence-electron chi connectivity index (χ1n) is 13.5. The van der Waals surface area contributed by atoms with E-state index in [-0.39, 0.29) is 12.2 Å². The minimum atomic E-state index is -1.68. The van der Waals surface area contributed by atoms with E-state index in [2.05, 4.69) is 10.0 Å². The number of carboxylic acids is 1. The van der Waals surface area contributed by atoms with Crippen molar-refractivity contribution in [1.82, 2.24) is 0 Å². The van der Waals surface area contributed by atoms with Crippen molar-refractivity contribution in [1.29, 1.82) is 0 Å². The van der Waals surface area contributed by atoms with Crippen molar-refractivity contribution in [3.05, 3.63) is 82.2 Å². The van der Waals surface area contributed by atoms with Gasteiger partial charge in [-0.3, -0.25) is 0 Å². The van der Waals surface area contributed by atoms with Gasteiger partial charge in [-0.05, 0) is 42.6 Å². The van der Waals surface area contributed by atoms with Crippen LogP contribution >= 0.6 is 0 Å². The Morgan fingerprint density at radius 1 is 0.905 bits per heavy atom. The lowest BCUT2D eigenvalue weighted by Crippen LogP contribution is -2.61. The van der Waals surface area contributed by atoms with Gasteiger partial charge in [0.05, 0.1) is 35.5 Å². The van der Waals surface area contributed by atoms with Crippen molar-refractivity contribution >= 4 is 17.9 Å². The minimum absolute atomic E-state index is 0.232. The number of hydrogen-bond acceptors (Lipinski definition) is 10. The molecule has 13 nitrogen and oxygen atoms in total. The Hall–Kier alpha value is -4.00. The van der Waals surface area contributed by atoms with E-state index in [0.717, 1.165) is 0 Å². The van der Waals surface area contributed by atoms with Gasteiger partial charge in [0.1, 0.15) is 12.7 Å². The molecule has 0 amide bonds. The van der Waals surface area contributed by atoms with Gasteiger partial charge < -0.3 is 33.9 Å². The summed E-state index contributed by atoms with van der Waals surface area (Å²) in [5.41, 5.74) is 9.72. The summed E-state index contributed by atoms with van der Waals surface area (Å²) in [6, 6.07) is 15.8. The summed E-state index contributed by atoms with van der Waals surface area (Å²) in [5.74, 6) is -4.21. The molecule has 2 heterocycles. The molecule has 0 aromatic heterocycles. The zero-order chi connectivity index (χ0) is 30.4. The molecule has 0 radical (unpaired) electrons. The van der Waals surface area contributed by atoms with E-state index < -0.39 is 78.7 Å². The second-order valence-electron chi connectivity index (χ2n) is 10.3. The number of aliphatic carboxylic acids is 1. The maximum absolute atomic E-state index is 13.0. The van der Waals surface area contributed by atoms with Gasteiger partial charge in [0.15, 0.2) is 18.5 Å². The highest BCUT2D eigenvalue weighted by molar-refractivity contribution is 5.89. The predicted octanol–water partition coefficient (Wildman–Crippen LogP) is 3.36. The van der Waals surface area contributed by atoms with Gasteiger partial charge in [0.2, 0.25) is 0 Å². The molecule has 4 rings (SSSR count). The highest BCUT2D eigenvalue weighted by Gasteiger charge is 2.52. The van der Waals surface area contributed by atoms with Crippen LogP contribution in [-0.4, -0.2) is 83.7 Å². The van der Waals surface area contributed by atoms with Gasteiger partial charge in [-0.25, -0.2) is 14.4 Å². The first kappa shape index (κ1) is 30.9. The first-order valence-corrected chi connectivity index (χ1v) is 13.5. The number of carboxylic acid groups (broad SMARTS) is 1. The molecule has 10 atom stereocenters. The lowest BCUT2D eigenvalue weighted by atomic mass is 9.86. The van der Waals surface area contributed by atoms with Gasteiger partial charge in [-0.15, -0.1) is 0 Å². The summed E-state index contributed by atoms with van der Waals surface area (Å²) in [6.45, 7) is 4.72. The smallest absolute Gasteiger partial charge is 0.338 e. The largest absolute Gasteiger partial charge is 0.479 e. The van der Waals surface area contributed by atoms with E-state index in [1.54, 1.807) is 74.5 Å². The van der Waals surface area contributed by atoms with Crippen LogP contribution < -0.4 is 0 Å². The topological polar surface area (TPSA) is 187 Å². The number of esters is 2. The fraction of sp³-hybridized carbons (Fsp3) is 0.483. The SMILES string of the molecule is C[C@@H]1C(OC(=O)c2ccccc2)[C@H](O[C@@H]2C(COC(=O)c3ccccc3)O[C@H](C)C(N=[N+]=[N-])[C@H]2C)OC(C(=O)O)[C@H]1O. The third-order valence-electron chi connectivity index (χ3n) is 7.57. The van der Waals surface area contributed by atoms with E-state index in [4.69, 9.17) is 29.2 Å². The van der Waals surface area contributed by atoms with E-state index in [0.29, 0.717) is 5.56 Å². The molecule has 0 bridgehead atoms. The monoisotopic (exact) mass is 583 g/mol. The molecule has 0 aliphatic carbocycles. The molecule has 2 aromatic rings. The molecule has 4 unspecified atom stereocenters. The summed E-state index contributed by atoms with van der Waals surface area (Å²) >= 11 is 0. The van der Waals surface area contributed by atoms with Crippen LogP contribution in [0, 0.1) is 11.8 Å². The van der Waals surface area contributed by atoms with E-state index in [1.165, 1.54) is 6.92 Å². The Labute approximate surface area is 241 Å². The predicted molar refractivity (Wildman–Crippen MR) is 145 cm³/mol. The molecule has 2 saturated heterocycles. The van der Waals surface area contributed by atoms with Gasteiger partial charge in [0.25, 0.3) is 0 Å². The van der Waals surface area contributed by atoms with Crippen molar-refractivity contribution < 1.29 is 48.3 Å². The molecule has 0 saturated carbocycles. The Morgan fingerprint density at radius 3 is 2.07 bits per heavy atom. The van der Waals surface area contributed by atoms with Gasteiger partial charge >= 0.3 is 17.9 Å². The molecule has 2 N–H and O–H groups in total. The lowest BCUT2D eigenvalue weighted by molar-refractivity contribution is -0.315. The van der Waals surface area contributed by atoms with Crippen molar-refractivity contribution in [2.75, 3.05) is 6.61 Å². The van der Waals surface area contributed by atoms with Crippen LogP contribution in [0.4, 0.5) is 0 Å². The average Bonchev–Trinajstić information content (AvgIpc) is 2.99. The molecule has 13 heteroatoms. The van der Waals surface area contributed by atoms with Crippen LogP contribution in [0.5, 0.6) is 0 Å². The van der Waals surface area contributed by atoms with Gasteiger partial charge in [-0.1, -0.05) is 55.4 Å². The number of hydrogen-bond donors (Lipinski definition) is 2. The molecule has 42 heavy (non-hydrogen) atoms. The van der Waals surface area contributed by atoms with Gasteiger partial charge in [0, 0.05) is 10.8 Å². The molecule has 0 spiro atoms. The fourth-order valence-electron chi connectivity index (χ4n) is 5.23. The van der Waals surface area contributed by atoms with Gasteiger partial charge in [-0.2, -0.15) is 0 Å². The summed E-state index contributed by atoms with van der Waals surface area (Å²) in [5, 5.41) is 24.3. The minimum Gasteiger partial charge on any atom is -0.479 e. The van der Waals surface area contributed by atoms with Crippen LogP contribution in [0.2, 0.25) is 0 Å². The Morgan fingerprint density at radius 2 is 1.50 bits per heavy atom. The highest BCUT2D eigenvalue weighted by atomic mass is 16.7. The van der Waals surface area contributed by atoms with Crippen LogP contribution in [-0.2, 0) is 28.5 Å². The highest BCUT2D eigenvalue weighted by Crippen LogP contribution is 2.36. The standard InChI is InChI=1S/C29H33N3O10/c1-15-21(31-32-30)17(3)39-20(14-38-27(36)18-10-6-4-7-11-18)23(15)41-29-24(16(2)22(33)25(42-29)26(34)35)40-28(37)19-12-8-5-9-13-19/h4-13,15-17,20-25,29,33H,14H2,1-3H3,(H,34,35)/t15-,16+,17-,20?,21?,22+,23+,24?,25?,29-/m1/s1. The molecular formula is C29H33N3O10.